The minimum atomic E-state index is -0.159. The quantitative estimate of drug-likeness (QED) is 0.376. The molecule has 1 atom stereocenters. The number of hydrogen-bond donors (Lipinski definition) is 1. The Hall–Kier alpha value is -2.02. The molecule has 6 nitrogen and oxygen atoms in total. The van der Waals surface area contributed by atoms with E-state index in [0.717, 1.165) is 25.7 Å². The molecule has 2 rings (SSSR count). The van der Waals surface area contributed by atoms with Gasteiger partial charge in [-0.05, 0) is 30.7 Å². The number of rotatable bonds is 13. The highest BCUT2D eigenvalue weighted by atomic mass is 32.1. The van der Waals surface area contributed by atoms with Crippen molar-refractivity contribution in [3.8, 4) is 0 Å². The van der Waals surface area contributed by atoms with Crippen LogP contribution >= 0.6 is 11.3 Å². The fourth-order valence-electron chi connectivity index (χ4n) is 3.67. The van der Waals surface area contributed by atoms with Gasteiger partial charge in [0.1, 0.15) is 5.78 Å². The summed E-state index contributed by atoms with van der Waals surface area (Å²) in [5.74, 6) is -0.288. The third kappa shape index (κ3) is 8.38. The normalized spacial score (nSPS) is 16.3. The van der Waals surface area contributed by atoms with Gasteiger partial charge in [-0.15, -0.1) is 11.3 Å². The monoisotopic (exact) mass is 434 g/mol. The van der Waals surface area contributed by atoms with E-state index in [-0.39, 0.29) is 55.0 Å². The number of piperidine rings is 1. The molecule has 1 fully saturated rings. The molecule has 1 aliphatic heterocycles. The van der Waals surface area contributed by atoms with Crippen LogP contribution in [0, 0.1) is 5.92 Å². The Kier molecular flexibility index (Phi) is 10.8. The molecule has 0 radical (unpaired) electrons. The van der Waals surface area contributed by atoms with E-state index < -0.39 is 0 Å². The first-order valence-electron chi connectivity index (χ1n) is 11.1. The molecule has 1 unspecified atom stereocenters. The van der Waals surface area contributed by atoms with Crippen molar-refractivity contribution in [2.45, 2.75) is 71.1 Å². The lowest BCUT2D eigenvalue weighted by Gasteiger charge is -2.32. The molecular formula is C23H34N2O4S. The standard InChI is InChI=1S/C23H34N2O4S/c1-2-3-4-5-14-24-23(29)18-8-6-15-25(17-18)22(28)13-11-19(26)10-12-20(27)21-9-7-16-30-21/h7,9,16,18H,2-6,8,10-15,17H2,1H3,(H,24,29). The Morgan fingerprint density at radius 1 is 1.10 bits per heavy atom. The number of hydrogen-bond acceptors (Lipinski definition) is 5. The Morgan fingerprint density at radius 3 is 2.63 bits per heavy atom. The van der Waals surface area contributed by atoms with E-state index in [4.69, 9.17) is 0 Å². The molecule has 1 aliphatic rings. The number of carbonyl (C=O) groups excluding carboxylic acids is 4. The van der Waals surface area contributed by atoms with Crippen molar-refractivity contribution in [2.24, 2.45) is 5.92 Å². The van der Waals surface area contributed by atoms with Crippen LogP contribution in [0.3, 0.4) is 0 Å². The summed E-state index contributed by atoms with van der Waals surface area (Å²) in [4.78, 5) is 51.3. The van der Waals surface area contributed by atoms with Crippen LogP contribution in [-0.2, 0) is 14.4 Å². The number of likely N-dealkylation sites (tertiary alicyclic amines) is 1. The largest absolute Gasteiger partial charge is 0.356 e. The lowest BCUT2D eigenvalue weighted by atomic mass is 9.96. The Morgan fingerprint density at radius 2 is 1.90 bits per heavy atom. The number of carbonyl (C=O) groups is 4. The second-order valence-corrected chi connectivity index (χ2v) is 8.92. The van der Waals surface area contributed by atoms with Crippen LogP contribution in [0.25, 0.3) is 0 Å². The summed E-state index contributed by atoms with van der Waals surface area (Å²) >= 11 is 1.38. The molecule has 0 aliphatic carbocycles. The summed E-state index contributed by atoms with van der Waals surface area (Å²) in [6.07, 6.45) is 6.75. The number of amides is 2. The van der Waals surface area contributed by atoms with E-state index in [1.54, 1.807) is 11.0 Å². The second kappa shape index (κ2) is 13.3. The van der Waals surface area contributed by atoms with Crippen LogP contribution in [0.1, 0.15) is 80.8 Å². The maximum absolute atomic E-state index is 12.5. The van der Waals surface area contributed by atoms with Gasteiger partial charge in [0.05, 0.1) is 10.8 Å². The van der Waals surface area contributed by atoms with Crippen LogP contribution in [0.5, 0.6) is 0 Å². The van der Waals surface area contributed by atoms with Gasteiger partial charge in [0.15, 0.2) is 5.78 Å². The van der Waals surface area contributed by atoms with Crippen molar-refractivity contribution in [1.82, 2.24) is 10.2 Å². The van der Waals surface area contributed by atoms with Crippen LogP contribution in [-0.4, -0.2) is 47.9 Å². The fourth-order valence-corrected chi connectivity index (χ4v) is 4.36. The highest BCUT2D eigenvalue weighted by molar-refractivity contribution is 7.12. The van der Waals surface area contributed by atoms with Crippen LogP contribution in [0.15, 0.2) is 17.5 Å². The van der Waals surface area contributed by atoms with E-state index in [1.165, 1.54) is 24.2 Å². The van der Waals surface area contributed by atoms with Crippen molar-refractivity contribution in [1.29, 1.82) is 0 Å². The van der Waals surface area contributed by atoms with Crippen LogP contribution in [0.4, 0.5) is 0 Å². The van der Waals surface area contributed by atoms with E-state index >= 15 is 0 Å². The van der Waals surface area contributed by atoms with E-state index in [9.17, 15) is 19.2 Å². The lowest BCUT2D eigenvalue weighted by Crippen LogP contribution is -2.45. The summed E-state index contributed by atoms with van der Waals surface area (Å²) in [5, 5.41) is 4.84. The van der Waals surface area contributed by atoms with Crippen molar-refractivity contribution in [2.75, 3.05) is 19.6 Å². The van der Waals surface area contributed by atoms with Gasteiger partial charge in [-0.2, -0.15) is 0 Å². The average Bonchev–Trinajstić information content (AvgIpc) is 3.30. The zero-order valence-electron chi connectivity index (χ0n) is 18.0. The summed E-state index contributed by atoms with van der Waals surface area (Å²) < 4.78 is 0. The van der Waals surface area contributed by atoms with E-state index in [2.05, 4.69) is 12.2 Å². The highest BCUT2D eigenvalue weighted by Crippen LogP contribution is 2.18. The Labute approximate surface area is 183 Å². The molecule has 0 bridgehead atoms. The molecule has 1 aromatic rings. The van der Waals surface area contributed by atoms with Gasteiger partial charge in [0, 0.05) is 45.3 Å². The summed E-state index contributed by atoms with van der Waals surface area (Å²) in [6.45, 7) is 3.93. The van der Waals surface area contributed by atoms with Gasteiger partial charge in [0.25, 0.3) is 0 Å². The van der Waals surface area contributed by atoms with Crippen LogP contribution < -0.4 is 5.32 Å². The zero-order chi connectivity index (χ0) is 21.8. The molecule has 0 saturated carbocycles. The second-order valence-electron chi connectivity index (χ2n) is 7.97. The maximum Gasteiger partial charge on any atom is 0.224 e. The number of Topliss-reactive ketones (excluding diaryl/α,β-unsaturated/α-hetero) is 2. The zero-order valence-corrected chi connectivity index (χ0v) is 18.8. The topological polar surface area (TPSA) is 83.6 Å². The maximum atomic E-state index is 12.5. The van der Waals surface area contributed by atoms with Crippen LogP contribution in [0.2, 0.25) is 0 Å². The molecule has 30 heavy (non-hydrogen) atoms. The van der Waals surface area contributed by atoms with Crippen molar-refractivity contribution in [3.05, 3.63) is 22.4 Å². The molecule has 1 N–H and O–H groups in total. The SMILES string of the molecule is CCCCCCNC(=O)C1CCCN(C(=O)CCC(=O)CCC(=O)c2cccs2)C1. The lowest BCUT2D eigenvalue weighted by molar-refractivity contribution is -0.137. The number of ketones is 2. The van der Waals surface area contributed by atoms with E-state index in [0.29, 0.717) is 24.5 Å². The molecule has 1 saturated heterocycles. The third-order valence-electron chi connectivity index (χ3n) is 5.52. The minimum absolute atomic E-state index is 0.0238. The van der Waals surface area contributed by atoms with Gasteiger partial charge >= 0.3 is 0 Å². The summed E-state index contributed by atoms with van der Waals surface area (Å²) in [7, 11) is 0. The smallest absolute Gasteiger partial charge is 0.224 e. The van der Waals surface area contributed by atoms with Gasteiger partial charge in [0.2, 0.25) is 11.8 Å². The van der Waals surface area contributed by atoms with E-state index in [1.807, 2.05) is 11.4 Å². The predicted octanol–water partition coefficient (Wildman–Crippen LogP) is 4.00. The van der Waals surface area contributed by atoms with Gasteiger partial charge in [-0.3, -0.25) is 19.2 Å². The molecule has 2 heterocycles. The number of unbranched alkanes of at least 4 members (excludes halogenated alkanes) is 3. The fraction of sp³-hybridized carbons (Fsp3) is 0.652. The average molecular weight is 435 g/mol. The van der Waals surface area contributed by atoms with Gasteiger partial charge in [-0.25, -0.2) is 0 Å². The molecule has 1 aromatic heterocycles. The third-order valence-corrected chi connectivity index (χ3v) is 6.43. The number of nitrogens with one attached hydrogen (secondary N) is 1. The Bertz CT molecular complexity index is 702. The molecule has 2 amide bonds. The minimum Gasteiger partial charge on any atom is -0.356 e. The van der Waals surface area contributed by atoms with Crippen molar-refractivity contribution < 1.29 is 19.2 Å². The Balaban J connectivity index is 1.66. The molecule has 166 valence electrons. The first-order valence-corrected chi connectivity index (χ1v) is 12.0. The number of thiophene rings is 1. The summed E-state index contributed by atoms with van der Waals surface area (Å²) in [5.41, 5.74) is 0. The van der Waals surface area contributed by atoms with Crippen molar-refractivity contribution in [3.63, 3.8) is 0 Å². The molecule has 0 spiro atoms. The summed E-state index contributed by atoms with van der Waals surface area (Å²) in [6, 6.07) is 3.58. The number of nitrogens with zero attached hydrogens (tertiary/aromatic N) is 1. The predicted molar refractivity (Wildman–Crippen MR) is 119 cm³/mol. The first kappa shape index (κ1) is 24.3. The van der Waals surface area contributed by atoms with Gasteiger partial charge in [-0.1, -0.05) is 32.3 Å². The molecule has 0 aromatic carbocycles. The highest BCUT2D eigenvalue weighted by Gasteiger charge is 2.28. The molecule has 7 heteroatoms. The first-order chi connectivity index (χ1) is 14.5. The van der Waals surface area contributed by atoms with Gasteiger partial charge < -0.3 is 10.2 Å². The van der Waals surface area contributed by atoms with Crippen molar-refractivity contribution >= 4 is 34.7 Å². The molecular weight excluding hydrogens is 400 g/mol.